The number of amides is 1. The monoisotopic (exact) mass is 367 g/mol. The van der Waals surface area contributed by atoms with Crippen molar-refractivity contribution in [2.24, 2.45) is 0 Å². The van der Waals surface area contributed by atoms with Crippen molar-refractivity contribution in [1.82, 2.24) is 20.2 Å². The Labute approximate surface area is 157 Å². The van der Waals surface area contributed by atoms with Crippen molar-refractivity contribution < 1.29 is 14.3 Å². The molecule has 1 amide bonds. The smallest absolute Gasteiger partial charge is 0.255 e. The lowest BCUT2D eigenvalue weighted by Gasteiger charge is -2.14. The number of methoxy groups -OCH3 is 1. The minimum Gasteiger partial charge on any atom is -0.493 e. The number of tetrazole rings is 1. The molecule has 0 spiro atoms. The fourth-order valence-corrected chi connectivity index (χ4v) is 2.55. The van der Waals surface area contributed by atoms with E-state index in [1.165, 1.54) is 0 Å². The maximum atomic E-state index is 12.6. The van der Waals surface area contributed by atoms with E-state index >= 15 is 0 Å². The third kappa shape index (κ3) is 4.22. The average Bonchev–Trinajstić information content (AvgIpc) is 3.07. The van der Waals surface area contributed by atoms with Crippen LogP contribution in [0.5, 0.6) is 11.5 Å². The van der Waals surface area contributed by atoms with Crippen LogP contribution in [0, 0.1) is 6.92 Å². The second-order valence-electron chi connectivity index (χ2n) is 6.17. The summed E-state index contributed by atoms with van der Waals surface area (Å²) in [7, 11) is 1.54. The van der Waals surface area contributed by atoms with Crippen molar-refractivity contribution in [2.75, 3.05) is 12.4 Å². The minimum absolute atomic E-state index is 0.0102. The molecule has 1 N–H and O–H groups in total. The topological polar surface area (TPSA) is 91.2 Å². The quantitative estimate of drug-likeness (QED) is 0.720. The van der Waals surface area contributed by atoms with Gasteiger partial charge in [0.05, 0.1) is 18.9 Å². The molecular formula is C19H21N5O3. The Hall–Kier alpha value is -3.42. The van der Waals surface area contributed by atoms with E-state index in [-0.39, 0.29) is 12.0 Å². The number of aromatic nitrogens is 4. The molecule has 0 saturated carbocycles. The summed E-state index contributed by atoms with van der Waals surface area (Å²) in [5.41, 5.74) is 1.86. The Morgan fingerprint density at radius 1 is 1.15 bits per heavy atom. The van der Waals surface area contributed by atoms with Gasteiger partial charge in [-0.15, -0.1) is 5.10 Å². The zero-order valence-corrected chi connectivity index (χ0v) is 15.6. The summed E-state index contributed by atoms with van der Waals surface area (Å²) in [5.74, 6) is 1.51. The van der Waals surface area contributed by atoms with Crippen LogP contribution in [-0.4, -0.2) is 39.3 Å². The van der Waals surface area contributed by atoms with Gasteiger partial charge in [0.2, 0.25) is 0 Å². The normalized spacial score (nSPS) is 10.7. The lowest BCUT2D eigenvalue weighted by atomic mass is 10.1. The van der Waals surface area contributed by atoms with Crippen molar-refractivity contribution in [2.45, 2.75) is 26.9 Å². The molecule has 0 aliphatic rings. The fraction of sp³-hybridized carbons (Fsp3) is 0.263. The Morgan fingerprint density at radius 2 is 1.96 bits per heavy atom. The highest BCUT2D eigenvalue weighted by molar-refractivity contribution is 6.04. The van der Waals surface area contributed by atoms with Crippen LogP contribution in [0.15, 0.2) is 42.5 Å². The Kier molecular flexibility index (Phi) is 5.35. The third-order valence-electron chi connectivity index (χ3n) is 3.76. The van der Waals surface area contributed by atoms with E-state index < -0.39 is 0 Å². The summed E-state index contributed by atoms with van der Waals surface area (Å²) in [6, 6.07) is 12.4. The Morgan fingerprint density at radius 3 is 2.63 bits per heavy atom. The van der Waals surface area contributed by atoms with Crippen LogP contribution in [0.4, 0.5) is 5.69 Å². The molecule has 1 aromatic heterocycles. The van der Waals surface area contributed by atoms with Gasteiger partial charge in [0.1, 0.15) is 0 Å². The van der Waals surface area contributed by atoms with Gasteiger partial charge in [0.15, 0.2) is 17.3 Å². The van der Waals surface area contributed by atoms with Gasteiger partial charge in [-0.3, -0.25) is 4.79 Å². The van der Waals surface area contributed by atoms with Crippen molar-refractivity contribution in [3.63, 3.8) is 0 Å². The number of hydrogen-bond donors (Lipinski definition) is 1. The molecule has 0 atom stereocenters. The molecule has 0 unspecified atom stereocenters. The minimum atomic E-state index is -0.255. The van der Waals surface area contributed by atoms with Crippen LogP contribution in [0.1, 0.15) is 30.0 Å². The first-order valence-corrected chi connectivity index (χ1v) is 8.49. The van der Waals surface area contributed by atoms with E-state index in [0.717, 1.165) is 5.69 Å². The van der Waals surface area contributed by atoms with Crippen LogP contribution in [0.25, 0.3) is 5.69 Å². The van der Waals surface area contributed by atoms with Gasteiger partial charge in [-0.2, -0.15) is 4.68 Å². The van der Waals surface area contributed by atoms with E-state index in [9.17, 15) is 4.79 Å². The molecule has 0 aliphatic carbocycles. The van der Waals surface area contributed by atoms with Gasteiger partial charge in [-0.05, 0) is 67.6 Å². The molecular weight excluding hydrogens is 346 g/mol. The molecule has 3 rings (SSSR count). The molecule has 8 heteroatoms. The molecule has 27 heavy (non-hydrogen) atoms. The first-order chi connectivity index (χ1) is 13.0. The Balaban J connectivity index is 1.80. The molecule has 140 valence electrons. The molecule has 1 heterocycles. The largest absolute Gasteiger partial charge is 0.493 e. The highest BCUT2D eigenvalue weighted by Crippen LogP contribution is 2.29. The molecule has 2 aromatic carbocycles. The second kappa shape index (κ2) is 7.86. The number of nitrogens with one attached hydrogen (secondary N) is 1. The maximum absolute atomic E-state index is 12.6. The van der Waals surface area contributed by atoms with Crippen LogP contribution < -0.4 is 14.8 Å². The molecule has 0 aliphatic heterocycles. The number of ether oxygens (including phenoxy) is 2. The summed E-state index contributed by atoms with van der Waals surface area (Å²) >= 11 is 0. The summed E-state index contributed by atoms with van der Waals surface area (Å²) in [5, 5.41) is 14.3. The van der Waals surface area contributed by atoms with Gasteiger partial charge in [0, 0.05) is 11.3 Å². The van der Waals surface area contributed by atoms with Gasteiger partial charge in [-0.1, -0.05) is 6.07 Å². The fourth-order valence-electron chi connectivity index (χ4n) is 2.55. The van der Waals surface area contributed by atoms with E-state index in [4.69, 9.17) is 9.47 Å². The summed E-state index contributed by atoms with van der Waals surface area (Å²) in [6.07, 6.45) is 0.0102. The number of nitrogens with zero attached hydrogens (tertiary/aromatic N) is 4. The number of carbonyl (C=O) groups excluding carboxylic acids is 1. The highest BCUT2D eigenvalue weighted by atomic mass is 16.5. The maximum Gasteiger partial charge on any atom is 0.255 e. The van der Waals surface area contributed by atoms with Gasteiger partial charge >= 0.3 is 0 Å². The number of hydrogen-bond acceptors (Lipinski definition) is 6. The predicted molar refractivity (Wildman–Crippen MR) is 101 cm³/mol. The molecule has 0 fully saturated rings. The lowest BCUT2D eigenvalue weighted by Crippen LogP contribution is -2.13. The number of anilines is 1. The third-order valence-corrected chi connectivity index (χ3v) is 3.76. The van der Waals surface area contributed by atoms with Crippen LogP contribution >= 0.6 is 0 Å². The van der Waals surface area contributed by atoms with Gasteiger partial charge < -0.3 is 14.8 Å². The van der Waals surface area contributed by atoms with Gasteiger partial charge in [-0.25, -0.2) is 0 Å². The van der Waals surface area contributed by atoms with E-state index in [1.807, 2.05) is 26.0 Å². The van der Waals surface area contributed by atoms with Gasteiger partial charge in [0.25, 0.3) is 5.91 Å². The first-order valence-electron chi connectivity index (χ1n) is 8.49. The molecule has 0 radical (unpaired) electrons. The first kappa shape index (κ1) is 18.4. The van der Waals surface area contributed by atoms with Crippen LogP contribution in [0.3, 0.4) is 0 Å². The lowest BCUT2D eigenvalue weighted by molar-refractivity contribution is 0.102. The van der Waals surface area contributed by atoms with E-state index in [0.29, 0.717) is 28.6 Å². The van der Waals surface area contributed by atoms with Crippen molar-refractivity contribution >= 4 is 11.6 Å². The zero-order valence-electron chi connectivity index (χ0n) is 15.6. The SMILES string of the molecule is COc1cc(C(=O)Nc2cccc(-n3nnnc3C)c2)ccc1OC(C)C. The van der Waals surface area contributed by atoms with Crippen LogP contribution in [0.2, 0.25) is 0 Å². The molecule has 0 bridgehead atoms. The van der Waals surface area contributed by atoms with E-state index in [2.05, 4.69) is 20.8 Å². The molecule has 8 nitrogen and oxygen atoms in total. The van der Waals surface area contributed by atoms with Crippen molar-refractivity contribution in [1.29, 1.82) is 0 Å². The zero-order chi connectivity index (χ0) is 19.4. The Bertz CT molecular complexity index is 952. The summed E-state index contributed by atoms with van der Waals surface area (Å²) < 4.78 is 12.6. The highest BCUT2D eigenvalue weighted by Gasteiger charge is 2.13. The van der Waals surface area contributed by atoms with Crippen molar-refractivity contribution in [3.05, 3.63) is 53.9 Å². The average molecular weight is 367 g/mol. The standard InChI is InChI=1S/C19H21N5O3/c1-12(2)27-17-9-8-14(10-18(17)26-4)19(25)20-15-6-5-7-16(11-15)24-13(3)21-22-23-24/h5-12H,1-4H3,(H,20,25). The van der Waals surface area contributed by atoms with E-state index in [1.54, 1.807) is 49.0 Å². The number of aryl methyl sites for hydroxylation is 1. The second-order valence-corrected chi connectivity index (χ2v) is 6.17. The summed E-state index contributed by atoms with van der Waals surface area (Å²) in [4.78, 5) is 12.6. The number of carbonyl (C=O) groups is 1. The molecule has 0 saturated heterocycles. The predicted octanol–water partition coefficient (Wildman–Crippen LogP) is 3.02. The number of benzene rings is 2. The number of rotatable bonds is 6. The molecule has 3 aromatic rings. The summed E-state index contributed by atoms with van der Waals surface area (Å²) in [6.45, 7) is 5.66. The van der Waals surface area contributed by atoms with Crippen LogP contribution in [-0.2, 0) is 0 Å². The van der Waals surface area contributed by atoms with Crippen molar-refractivity contribution in [3.8, 4) is 17.2 Å².